The predicted octanol–water partition coefficient (Wildman–Crippen LogP) is 3.52. The molecule has 0 aliphatic carbocycles. The minimum Gasteiger partial charge on any atom is -0.457 e. The van der Waals surface area contributed by atoms with Crippen LogP contribution in [-0.2, 0) is 16.1 Å². The molecule has 1 aromatic heterocycles. The van der Waals surface area contributed by atoms with Crippen LogP contribution < -0.4 is 11.1 Å². The second-order valence-corrected chi connectivity index (χ2v) is 6.83. The average Bonchev–Trinajstić information content (AvgIpc) is 2.72. The van der Waals surface area contributed by atoms with Crippen molar-refractivity contribution in [2.24, 2.45) is 0 Å². The molecular formula is C22H23N5O3. The van der Waals surface area contributed by atoms with Crippen LogP contribution in [-0.4, -0.2) is 26.7 Å². The number of benzene rings is 2. The van der Waals surface area contributed by atoms with E-state index < -0.39 is 5.97 Å². The van der Waals surface area contributed by atoms with Gasteiger partial charge in [-0.15, -0.1) is 0 Å². The lowest BCUT2D eigenvalue weighted by molar-refractivity contribution is -0.145. The van der Waals surface area contributed by atoms with E-state index in [0.29, 0.717) is 5.56 Å². The highest BCUT2D eigenvalue weighted by Crippen LogP contribution is 2.15. The fourth-order valence-electron chi connectivity index (χ4n) is 2.81. The van der Waals surface area contributed by atoms with Crippen LogP contribution in [0.4, 0.5) is 17.6 Å². The zero-order valence-electron chi connectivity index (χ0n) is 16.9. The van der Waals surface area contributed by atoms with E-state index >= 15 is 0 Å². The Balaban J connectivity index is 1.54. The molecule has 3 rings (SSSR count). The average molecular weight is 405 g/mol. The Morgan fingerprint density at radius 2 is 1.77 bits per heavy atom. The van der Waals surface area contributed by atoms with E-state index in [9.17, 15) is 9.59 Å². The molecule has 0 atom stereocenters. The maximum absolute atomic E-state index is 12.4. The molecule has 0 aliphatic heterocycles. The standard InChI is InChI=1S/C22H23N5O3/c1-14-8-9-15(2)17(12-14)18(28)10-11-20(29)30-13-19-25-21(23)27-22(26-19)24-16-6-4-3-5-7-16/h3-9,12H,10-11,13H2,1-2H3,(H3,23,24,25,26,27). The van der Waals surface area contributed by atoms with Gasteiger partial charge in [0.05, 0.1) is 6.42 Å². The second kappa shape index (κ2) is 9.60. The molecule has 0 saturated carbocycles. The third-order valence-electron chi connectivity index (χ3n) is 4.34. The molecule has 0 radical (unpaired) electrons. The first-order chi connectivity index (χ1) is 14.4. The molecule has 0 amide bonds. The van der Waals surface area contributed by atoms with Crippen LogP contribution in [0, 0.1) is 13.8 Å². The van der Waals surface area contributed by atoms with Crippen molar-refractivity contribution in [3.05, 3.63) is 71.0 Å². The number of nitrogens with two attached hydrogens (primary N) is 1. The van der Waals surface area contributed by atoms with Crippen molar-refractivity contribution in [2.45, 2.75) is 33.3 Å². The van der Waals surface area contributed by atoms with Gasteiger partial charge in [0.1, 0.15) is 0 Å². The van der Waals surface area contributed by atoms with Gasteiger partial charge in [-0.3, -0.25) is 9.59 Å². The maximum atomic E-state index is 12.4. The third kappa shape index (κ3) is 5.84. The van der Waals surface area contributed by atoms with Crippen molar-refractivity contribution in [2.75, 3.05) is 11.1 Å². The number of nitrogen functional groups attached to an aromatic ring is 1. The highest BCUT2D eigenvalue weighted by Gasteiger charge is 2.14. The van der Waals surface area contributed by atoms with Gasteiger partial charge in [0.25, 0.3) is 0 Å². The summed E-state index contributed by atoms with van der Waals surface area (Å²) in [6.45, 7) is 3.63. The van der Waals surface area contributed by atoms with Gasteiger partial charge in [-0.05, 0) is 37.6 Å². The first kappa shape index (κ1) is 20.9. The summed E-state index contributed by atoms with van der Waals surface area (Å²) in [5.74, 6) is -0.114. The quantitative estimate of drug-likeness (QED) is 0.431. The number of Topliss-reactive ketones (excluding diaryl/α,β-unsaturated/α-hetero) is 1. The fourth-order valence-corrected chi connectivity index (χ4v) is 2.81. The molecule has 0 bridgehead atoms. The number of anilines is 3. The van der Waals surface area contributed by atoms with Crippen molar-refractivity contribution in [3.63, 3.8) is 0 Å². The van der Waals surface area contributed by atoms with E-state index in [2.05, 4.69) is 20.3 Å². The molecule has 0 spiro atoms. The predicted molar refractivity (Wildman–Crippen MR) is 113 cm³/mol. The SMILES string of the molecule is Cc1ccc(C)c(C(=O)CCC(=O)OCc2nc(N)nc(Nc3ccccc3)n2)c1. The minimum atomic E-state index is -0.509. The van der Waals surface area contributed by atoms with Crippen LogP contribution in [0.25, 0.3) is 0 Å². The molecule has 3 aromatic rings. The number of para-hydroxylation sites is 1. The van der Waals surface area contributed by atoms with E-state index in [4.69, 9.17) is 10.5 Å². The number of nitrogens with one attached hydrogen (secondary N) is 1. The molecule has 1 heterocycles. The zero-order valence-corrected chi connectivity index (χ0v) is 16.9. The number of carbonyl (C=O) groups excluding carboxylic acids is 2. The lowest BCUT2D eigenvalue weighted by Gasteiger charge is -2.08. The first-order valence-electron chi connectivity index (χ1n) is 9.49. The van der Waals surface area contributed by atoms with Crippen molar-refractivity contribution >= 4 is 29.3 Å². The smallest absolute Gasteiger partial charge is 0.306 e. The third-order valence-corrected chi connectivity index (χ3v) is 4.34. The zero-order chi connectivity index (χ0) is 21.5. The van der Waals surface area contributed by atoms with E-state index in [-0.39, 0.29) is 43.0 Å². The molecule has 0 aliphatic rings. The summed E-state index contributed by atoms with van der Waals surface area (Å²) >= 11 is 0. The summed E-state index contributed by atoms with van der Waals surface area (Å²) in [5, 5.41) is 3.01. The van der Waals surface area contributed by atoms with E-state index in [1.54, 1.807) is 0 Å². The first-order valence-corrected chi connectivity index (χ1v) is 9.49. The number of carbonyl (C=O) groups is 2. The number of esters is 1. The van der Waals surface area contributed by atoms with Crippen molar-refractivity contribution in [1.29, 1.82) is 0 Å². The van der Waals surface area contributed by atoms with Gasteiger partial charge in [0.2, 0.25) is 11.9 Å². The number of ketones is 1. The van der Waals surface area contributed by atoms with Crippen molar-refractivity contribution in [3.8, 4) is 0 Å². The molecule has 154 valence electrons. The molecule has 0 fully saturated rings. The summed E-state index contributed by atoms with van der Waals surface area (Å²) in [4.78, 5) is 36.7. The second-order valence-electron chi connectivity index (χ2n) is 6.83. The Morgan fingerprint density at radius 3 is 2.53 bits per heavy atom. The molecule has 8 heteroatoms. The van der Waals surface area contributed by atoms with Crippen LogP contribution in [0.5, 0.6) is 0 Å². The van der Waals surface area contributed by atoms with E-state index in [1.807, 2.05) is 62.4 Å². The highest BCUT2D eigenvalue weighted by atomic mass is 16.5. The molecule has 3 N–H and O–H groups in total. The number of aromatic nitrogens is 3. The van der Waals surface area contributed by atoms with Crippen LogP contribution in [0.2, 0.25) is 0 Å². The Morgan fingerprint density at radius 1 is 1.00 bits per heavy atom. The minimum absolute atomic E-state index is 0.0135. The Labute approximate surface area is 174 Å². The van der Waals surface area contributed by atoms with E-state index in [1.165, 1.54) is 0 Å². The number of ether oxygens (including phenoxy) is 1. The Hall–Kier alpha value is -3.81. The largest absolute Gasteiger partial charge is 0.457 e. The maximum Gasteiger partial charge on any atom is 0.306 e. The summed E-state index contributed by atoms with van der Waals surface area (Å²) in [6.07, 6.45) is 0.0468. The van der Waals surface area contributed by atoms with Gasteiger partial charge < -0.3 is 15.8 Å². The van der Waals surface area contributed by atoms with Gasteiger partial charge in [0, 0.05) is 17.7 Å². The monoisotopic (exact) mass is 405 g/mol. The van der Waals surface area contributed by atoms with Gasteiger partial charge in [-0.25, -0.2) is 0 Å². The molecule has 0 unspecified atom stereocenters. The molecular weight excluding hydrogens is 382 g/mol. The Kier molecular flexibility index (Phi) is 6.69. The van der Waals surface area contributed by atoms with Gasteiger partial charge in [-0.2, -0.15) is 15.0 Å². The fraction of sp³-hybridized carbons (Fsp3) is 0.227. The lowest BCUT2D eigenvalue weighted by Crippen LogP contribution is -2.12. The molecule has 8 nitrogen and oxygen atoms in total. The number of hydrogen-bond donors (Lipinski definition) is 2. The molecule has 2 aromatic carbocycles. The molecule has 0 saturated heterocycles. The summed E-state index contributed by atoms with van der Waals surface area (Å²) in [7, 11) is 0. The van der Waals surface area contributed by atoms with Gasteiger partial charge >= 0.3 is 5.97 Å². The van der Waals surface area contributed by atoms with Crippen LogP contribution in [0.15, 0.2) is 48.5 Å². The summed E-state index contributed by atoms with van der Waals surface area (Å²) in [6, 6.07) is 15.0. The Bertz CT molecular complexity index is 1050. The van der Waals surface area contributed by atoms with Gasteiger partial charge in [-0.1, -0.05) is 35.9 Å². The van der Waals surface area contributed by atoms with Crippen molar-refractivity contribution in [1.82, 2.24) is 15.0 Å². The normalized spacial score (nSPS) is 10.5. The van der Waals surface area contributed by atoms with Crippen molar-refractivity contribution < 1.29 is 14.3 Å². The number of nitrogens with zero attached hydrogens (tertiary/aromatic N) is 3. The number of aryl methyl sites for hydroxylation is 2. The highest BCUT2D eigenvalue weighted by molar-refractivity contribution is 5.98. The lowest BCUT2D eigenvalue weighted by atomic mass is 9.99. The number of rotatable bonds is 8. The number of hydrogen-bond acceptors (Lipinski definition) is 8. The molecule has 30 heavy (non-hydrogen) atoms. The van der Waals surface area contributed by atoms with Gasteiger partial charge in [0.15, 0.2) is 18.2 Å². The summed E-state index contributed by atoms with van der Waals surface area (Å²) in [5.41, 5.74) is 9.02. The van der Waals surface area contributed by atoms with Crippen LogP contribution in [0.1, 0.15) is 40.2 Å². The summed E-state index contributed by atoms with van der Waals surface area (Å²) < 4.78 is 5.20. The topological polar surface area (TPSA) is 120 Å². The van der Waals surface area contributed by atoms with Crippen LogP contribution in [0.3, 0.4) is 0 Å². The van der Waals surface area contributed by atoms with E-state index in [0.717, 1.165) is 16.8 Å². The van der Waals surface area contributed by atoms with Crippen LogP contribution >= 0.6 is 0 Å².